The second-order valence-corrected chi connectivity index (χ2v) is 8.84. The van der Waals surface area contributed by atoms with Crippen molar-refractivity contribution < 1.29 is 14.3 Å². The van der Waals surface area contributed by atoms with Gasteiger partial charge in [0.2, 0.25) is 5.91 Å². The molecule has 0 aliphatic carbocycles. The second-order valence-electron chi connectivity index (χ2n) is 8.84. The predicted octanol–water partition coefficient (Wildman–Crippen LogP) is 5.24. The molecule has 1 fully saturated rings. The molecule has 2 heterocycles. The van der Waals surface area contributed by atoms with E-state index in [1.807, 2.05) is 65.6 Å². The van der Waals surface area contributed by atoms with E-state index >= 15 is 0 Å². The topological polar surface area (TPSA) is 46.6 Å². The van der Waals surface area contributed by atoms with Crippen molar-refractivity contribution in [2.75, 3.05) is 13.1 Å². The van der Waals surface area contributed by atoms with Crippen LogP contribution in [0.2, 0.25) is 0 Å². The summed E-state index contributed by atoms with van der Waals surface area (Å²) in [5, 5.41) is 0. The highest BCUT2D eigenvalue weighted by Gasteiger charge is 2.43. The molecule has 0 radical (unpaired) electrons. The van der Waals surface area contributed by atoms with Crippen molar-refractivity contribution >= 4 is 11.7 Å². The van der Waals surface area contributed by atoms with Crippen LogP contribution in [0.1, 0.15) is 53.1 Å². The summed E-state index contributed by atoms with van der Waals surface area (Å²) in [7, 11) is 0. The minimum absolute atomic E-state index is 0.0279. The first kappa shape index (κ1) is 20.5. The average Bonchev–Trinajstić information content (AvgIpc) is 2.84. The van der Waals surface area contributed by atoms with Crippen LogP contribution in [0.25, 0.3) is 0 Å². The Morgan fingerprint density at radius 1 is 0.844 bits per heavy atom. The highest BCUT2D eigenvalue weighted by molar-refractivity contribution is 6.00. The van der Waals surface area contributed by atoms with Crippen LogP contribution in [0.5, 0.6) is 5.75 Å². The number of carbonyl (C=O) groups is 2. The first-order valence-corrected chi connectivity index (χ1v) is 11.3. The Hall–Kier alpha value is -3.40. The van der Waals surface area contributed by atoms with Crippen molar-refractivity contribution in [3.63, 3.8) is 0 Å². The number of Topliss-reactive ketones (excluding diaryl/α,β-unsaturated/α-hetero) is 1. The van der Waals surface area contributed by atoms with E-state index in [1.54, 1.807) is 0 Å². The van der Waals surface area contributed by atoms with E-state index in [9.17, 15) is 9.59 Å². The van der Waals surface area contributed by atoms with E-state index < -0.39 is 5.60 Å². The second kappa shape index (κ2) is 8.62. The van der Waals surface area contributed by atoms with Crippen LogP contribution < -0.4 is 4.74 Å². The molecule has 1 spiro atoms. The number of nitrogens with zero attached hydrogens (tertiary/aromatic N) is 1. The van der Waals surface area contributed by atoms with Crippen molar-refractivity contribution in [2.45, 2.75) is 37.2 Å². The van der Waals surface area contributed by atoms with Crippen molar-refractivity contribution in [1.29, 1.82) is 0 Å². The Bertz CT molecular complexity index is 1060. The van der Waals surface area contributed by atoms with Gasteiger partial charge in [0.15, 0.2) is 5.78 Å². The van der Waals surface area contributed by atoms with Crippen molar-refractivity contribution in [2.24, 2.45) is 0 Å². The van der Waals surface area contributed by atoms with E-state index in [4.69, 9.17) is 4.74 Å². The number of likely N-dealkylation sites (tertiary alicyclic amines) is 1. The van der Waals surface area contributed by atoms with Gasteiger partial charge < -0.3 is 9.64 Å². The lowest BCUT2D eigenvalue weighted by atomic mass is 9.82. The lowest BCUT2D eigenvalue weighted by molar-refractivity contribution is -0.135. The van der Waals surface area contributed by atoms with Crippen LogP contribution in [0, 0.1) is 0 Å². The van der Waals surface area contributed by atoms with Crippen LogP contribution in [0.4, 0.5) is 0 Å². The molecule has 162 valence electrons. The van der Waals surface area contributed by atoms with Gasteiger partial charge in [0, 0.05) is 38.3 Å². The Balaban J connectivity index is 1.29. The van der Waals surface area contributed by atoms with Gasteiger partial charge in [0.25, 0.3) is 0 Å². The summed E-state index contributed by atoms with van der Waals surface area (Å²) in [6, 6.07) is 27.9. The molecular weight excluding hydrogens is 398 g/mol. The molecule has 4 heteroatoms. The summed E-state index contributed by atoms with van der Waals surface area (Å²) in [5.41, 5.74) is 2.49. The highest BCUT2D eigenvalue weighted by Crippen LogP contribution is 2.39. The molecule has 4 nitrogen and oxygen atoms in total. The molecule has 3 aromatic carbocycles. The largest absolute Gasteiger partial charge is 0.486 e. The zero-order chi connectivity index (χ0) is 22.0. The van der Waals surface area contributed by atoms with Crippen LogP contribution in [-0.2, 0) is 4.79 Å². The number of amides is 1. The normalized spacial score (nSPS) is 17.2. The van der Waals surface area contributed by atoms with E-state index in [-0.39, 0.29) is 17.6 Å². The molecule has 0 bridgehead atoms. The van der Waals surface area contributed by atoms with Crippen LogP contribution >= 0.6 is 0 Å². The van der Waals surface area contributed by atoms with Gasteiger partial charge in [-0.15, -0.1) is 0 Å². The van der Waals surface area contributed by atoms with Gasteiger partial charge in [-0.25, -0.2) is 0 Å². The van der Waals surface area contributed by atoms with Crippen molar-refractivity contribution in [3.8, 4) is 5.75 Å². The minimum atomic E-state index is -0.486. The van der Waals surface area contributed by atoms with Gasteiger partial charge in [-0.1, -0.05) is 72.8 Å². The SMILES string of the molecule is O=C1CC2(CCN(C(=O)CC(c3ccccc3)c3ccccc3)CC2)Oc2ccccc21. The first-order chi connectivity index (χ1) is 15.6. The number of rotatable bonds is 4. The van der Waals surface area contributed by atoms with Crippen LogP contribution in [0.3, 0.4) is 0 Å². The van der Waals surface area contributed by atoms with E-state index in [2.05, 4.69) is 24.3 Å². The zero-order valence-corrected chi connectivity index (χ0v) is 18.1. The molecular formula is C28H27NO3. The zero-order valence-electron chi connectivity index (χ0n) is 18.1. The molecule has 0 saturated carbocycles. The summed E-state index contributed by atoms with van der Waals surface area (Å²) in [5.74, 6) is 0.997. The fourth-order valence-electron chi connectivity index (χ4n) is 4.99. The number of hydrogen-bond donors (Lipinski definition) is 0. The Kier molecular flexibility index (Phi) is 5.52. The predicted molar refractivity (Wildman–Crippen MR) is 124 cm³/mol. The van der Waals surface area contributed by atoms with Gasteiger partial charge in [-0.05, 0) is 23.3 Å². The van der Waals surface area contributed by atoms with E-state index in [1.165, 1.54) is 0 Å². The summed E-state index contributed by atoms with van der Waals surface area (Å²) in [6.07, 6.45) is 2.19. The smallest absolute Gasteiger partial charge is 0.223 e. The number of piperidine rings is 1. The number of ether oxygens (including phenoxy) is 1. The monoisotopic (exact) mass is 425 g/mol. The summed E-state index contributed by atoms with van der Waals surface area (Å²) < 4.78 is 6.32. The Morgan fingerprint density at radius 3 is 2.03 bits per heavy atom. The van der Waals surface area contributed by atoms with Crippen LogP contribution in [0.15, 0.2) is 84.9 Å². The van der Waals surface area contributed by atoms with Crippen molar-refractivity contribution in [1.82, 2.24) is 4.90 Å². The number of ketones is 1. The minimum Gasteiger partial charge on any atom is -0.486 e. The third-order valence-corrected chi connectivity index (χ3v) is 6.81. The fraction of sp³-hybridized carbons (Fsp3) is 0.286. The van der Waals surface area contributed by atoms with E-state index in [0.29, 0.717) is 50.1 Å². The molecule has 0 unspecified atom stereocenters. The lowest BCUT2D eigenvalue weighted by Gasteiger charge is -2.44. The maximum absolute atomic E-state index is 13.3. The van der Waals surface area contributed by atoms with Gasteiger partial charge in [0.05, 0.1) is 12.0 Å². The number of benzene rings is 3. The van der Waals surface area contributed by atoms with Gasteiger partial charge in [-0.2, -0.15) is 0 Å². The Labute approximate surface area is 188 Å². The maximum atomic E-state index is 13.3. The van der Waals surface area contributed by atoms with Crippen LogP contribution in [-0.4, -0.2) is 35.3 Å². The molecule has 0 aromatic heterocycles. The summed E-state index contributed by atoms with van der Waals surface area (Å²) in [6.45, 7) is 1.23. The molecule has 1 saturated heterocycles. The number of hydrogen-bond acceptors (Lipinski definition) is 3. The lowest BCUT2D eigenvalue weighted by Crippen LogP contribution is -2.52. The summed E-state index contributed by atoms with van der Waals surface area (Å²) in [4.78, 5) is 27.9. The quantitative estimate of drug-likeness (QED) is 0.575. The molecule has 3 aromatic rings. The number of fused-ring (bicyclic) bond motifs is 1. The average molecular weight is 426 g/mol. The molecule has 0 N–H and O–H groups in total. The Morgan fingerprint density at radius 2 is 1.41 bits per heavy atom. The molecule has 2 aliphatic rings. The first-order valence-electron chi connectivity index (χ1n) is 11.3. The van der Waals surface area contributed by atoms with Crippen molar-refractivity contribution in [3.05, 3.63) is 102 Å². The van der Waals surface area contributed by atoms with Gasteiger partial charge in [0.1, 0.15) is 11.4 Å². The van der Waals surface area contributed by atoms with Gasteiger partial charge in [-0.3, -0.25) is 9.59 Å². The number of para-hydroxylation sites is 1. The van der Waals surface area contributed by atoms with E-state index in [0.717, 1.165) is 11.1 Å². The molecule has 5 rings (SSSR count). The molecule has 32 heavy (non-hydrogen) atoms. The fourth-order valence-corrected chi connectivity index (χ4v) is 4.99. The third-order valence-electron chi connectivity index (χ3n) is 6.81. The third kappa shape index (κ3) is 4.05. The highest BCUT2D eigenvalue weighted by atomic mass is 16.5. The molecule has 1 amide bonds. The number of carbonyl (C=O) groups excluding carboxylic acids is 2. The summed E-state index contributed by atoms with van der Waals surface area (Å²) >= 11 is 0. The molecule has 0 atom stereocenters. The standard InChI is InChI=1S/C28H27NO3/c30-25-20-28(32-26-14-8-7-13-23(25)26)15-17-29(18-16-28)27(31)19-24(21-9-3-1-4-10-21)22-11-5-2-6-12-22/h1-14,24H,15-20H2. The van der Waals surface area contributed by atoms with Gasteiger partial charge >= 0.3 is 0 Å². The molecule has 2 aliphatic heterocycles. The maximum Gasteiger partial charge on any atom is 0.223 e.